The van der Waals surface area contributed by atoms with Crippen molar-refractivity contribution in [1.82, 2.24) is 10.6 Å². The first-order valence-electron chi connectivity index (χ1n) is 8.38. The van der Waals surface area contributed by atoms with Gasteiger partial charge < -0.3 is 20.1 Å². The monoisotopic (exact) mass is 321 g/mol. The first kappa shape index (κ1) is 19.3. The molecule has 0 aliphatic rings. The highest BCUT2D eigenvalue weighted by Crippen LogP contribution is 2.13. The van der Waals surface area contributed by atoms with Crippen LogP contribution in [0.3, 0.4) is 0 Å². The summed E-state index contributed by atoms with van der Waals surface area (Å²) in [6, 6.07) is 8.07. The number of ether oxygens (including phenoxy) is 2. The van der Waals surface area contributed by atoms with Crippen molar-refractivity contribution in [3.63, 3.8) is 0 Å². The number of guanidine groups is 1. The normalized spacial score (nSPS) is 11.6. The van der Waals surface area contributed by atoms with Crippen LogP contribution in [-0.2, 0) is 11.3 Å². The predicted molar refractivity (Wildman–Crippen MR) is 96.1 cm³/mol. The minimum absolute atomic E-state index is 0.562. The number of hydrogen-bond donors (Lipinski definition) is 2. The highest BCUT2D eigenvalue weighted by molar-refractivity contribution is 5.79. The Morgan fingerprint density at radius 1 is 1.17 bits per heavy atom. The smallest absolute Gasteiger partial charge is 0.191 e. The summed E-state index contributed by atoms with van der Waals surface area (Å²) >= 11 is 0. The molecule has 0 unspecified atom stereocenters. The zero-order chi connectivity index (χ0) is 16.9. The molecule has 0 aliphatic carbocycles. The highest BCUT2D eigenvalue weighted by Gasteiger charge is 2.05. The Labute approximate surface area is 140 Å². The molecule has 1 aromatic carbocycles. The molecular formula is C18H31N3O2. The molecule has 2 N–H and O–H groups in total. The molecule has 5 heteroatoms. The molecule has 0 fully saturated rings. The van der Waals surface area contributed by atoms with E-state index in [1.165, 1.54) is 12.8 Å². The lowest BCUT2D eigenvalue weighted by Gasteiger charge is -2.17. The second-order valence-electron chi connectivity index (χ2n) is 5.48. The van der Waals surface area contributed by atoms with E-state index >= 15 is 0 Å². The van der Waals surface area contributed by atoms with Crippen molar-refractivity contribution in [2.75, 3.05) is 33.9 Å². The van der Waals surface area contributed by atoms with Crippen molar-refractivity contribution in [1.29, 1.82) is 0 Å². The van der Waals surface area contributed by atoms with Crippen LogP contribution >= 0.6 is 0 Å². The van der Waals surface area contributed by atoms with E-state index < -0.39 is 0 Å². The molecule has 130 valence electrons. The van der Waals surface area contributed by atoms with E-state index in [4.69, 9.17) is 9.47 Å². The summed E-state index contributed by atoms with van der Waals surface area (Å²) < 4.78 is 10.6. The molecule has 0 heterocycles. The zero-order valence-corrected chi connectivity index (χ0v) is 14.9. The lowest BCUT2D eigenvalue weighted by molar-refractivity contribution is 0.146. The largest absolute Gasteiger partial charge is 0.491 e. The van der Waals surface area contributed by atoms with Gasteiger partial charge >= 0.3 is 0 Å². The highest BCUT2D eigenvalue weighted by atomic mass is 16.5. The molecule has 1 rings (SSSR count). The SMILES string of the molecule is CCC(CC)CNC(=NC)NCc1cccc(OCCOC)c1. The quantitative estimate of drug-likeness (QED) is 0.395. The fourth-order valence-corrected chi connectivity index (χ4v) is 2.21. The summed E-state index contributed by atoms with van der Waals surface area (Å²) in [5, 5.41) is 6.73. The molecule has 0 aliphatic heterocycles. The summed E-state index contributed by atoms with van der Waals surface area (Å²) in [6.07, 6.45) is 2.36. The Hall–Kier alpha value is -1.75. The third-order valence-electron chi connectivity index (χ3n) is 3.85. The third kappa shape index (κ3) is 7.88. The predicted octanol–water partition coefficient (Wildman–Crippen LogP) is 2.81. The number of nitrogens with one attached hydrogen (secondary N) is 2. The molecule has 0 saturated carbocycles. The summed E-state index contributed by atoms with van der Waals surface area (Å²) in [5.41, 5.74) is 1.16. The third-order valence-corrected chi connectivity index (χ3v) is 3.85. The van der Waals surface area contributed by atoms with Crippen LogP contribution in [0.4, 0.5) is 0 Å². The van der Waals surface area contributed by atoms with E-state index in [9.17, 15) is 0 Å². The van der Waals surface area contributed by atoms with Crippen LogP contribution in [0.2, 0.25) is 0 Å². The van der Waals surface area contributed by atoms with Crippen molar-refractivity contribution in [3.8, 4) is 5.75 Å². The molecule has 0 aromatic heterocycles. The lowest BCUT2D eigenvalue weighted by atomic mass is 10.0. The maximum Gasteiger partial charge on any atom is 0.191 e. The van der Waals surface area contributed by atoms with E-state index in [1.54, 1.807) is 14.2 Å². The van der Waals surface area contributed by atoms with E-state index in [0.717, 1.165) is 23.8 Å². The van der Waals surface area contributed by atoms with Gasteiger partial charge in [-0.25, -0.2) is 0 Å². The fourth-order valence-electron chi connectivity index (χ4n) is 2.21. The van der Waals surface area contributed by atoms with Crippen LogP contribution in [0.15, 0.2) is 29.3 Å². The van der Waals surface area contributed by atoms with Gasteiger partial charge in [0.1, 0.15) is 12.4 Å². The minimum Gasteiger partial charge on any atom is -0.491 e. The van der Waals surface area contributed by atoms with Crippen molar-refractivity contribution in [2.24, 2.45) is 10.9 Å². The number of nitrogens with zero attached hydrogens (tertiary/aromatic N) is 1. The van der Waals surface area contributed by atoms with Gasteiger partial charge in [0.15, 0.2) is 5.96 Å². The van der Waals surface area contributed by atoms with Crippen LogP contribution in [-0.4, -0.2) is 39.9 Å². The molecule has 0 saturated heterocycles. The van der Waals surface area contributed by atoms with Crippen LogP contribution in [0.5, 0.6) is 5.75 Å². The summed E-state index contributed by atoms with van der Waals surface area (Å²) in [5.74, 6) is 2.38. The van der Waals surface area contributed by atoms with Gasteiger partial charge in [0.25, 0.3) is 0 Å². The van der Waals surface area contributed by atoms with Crippen molar-refractivity contribution in [2.45, 2.75) is 33.2 Å². The van der Waals surface area contributed by atoms with Gasteiger partial charge in [-0.15, -0.1) is 0 Å². The van der Waals surface area contributed by atoms with Gasteiger partial charge in [-0.2, -0.15) is 0 Å². The van der Waals surface area contributed by atoms with Gasteiger partial charge in [0.2, 0.25) is 0 Å². The molecule has 1 aromatic rings. The lowest BCUT2D eigenvalue weighted by Crippen LogP contribution is -2.39. The fraction of sp³-hybridized carbons (Fsp3) is 0.611. The Kier molecular flexibility index (Phi) is 9.87. The number of methoxy groups -OCH3 is 1. The van der Waals surface area contributed by atoms with E-state index in [0.29, 0.717) is 25.7 Å². The molecule has 5 nitrogen and oxygen atoms in total. The average Bonchev–Trinajstić information content (AvgIpc) is 2.59. The molecular weight excluding hydrogens is 290 g/mol. The summed E-state index contributed by atoms with van der Waals surface area (Å²) in [7, 11) is 3.47. The topological polar surface area (TPSA) is 54.9 Å². The minimum atomic E-state index is 0.562. The summed E-state index contributed by atoms with van der Waals surface area (Å²) in [6.45, 7) is 7.26. The average molecular weight is 321 g/mol. The van der Waals surface area contributed by atoms with Crippen LogP contribution in [0, 0.1) is 5.92 Å². The van der Waals surface area contributed by atoms with Gasteiger partial charge in [-0.1, -0.05) is 38.8 Å². The first-order chi connectivity index (χ1) is 11.2. The molecule has 0 spiro atoms. The standard InChI is InChI=1S/C18H31N3O2/c1-5-15(6-2)13-20-18(19-3)21-14-16-8-7-9-17(12-16)23-11-10-22-4/h7-9,12,15H,5-6,10-11,13-14H2,1-4H3,(H2,19,20,21). The van der Waals surface area contributed by atoms with Crippen LogP contribution in [0.1, 0.15) is 32.3 Å². The zero-order valence-electron chi connectivity index (χ0n) is 14.9. The molecule has 0 bridgehead atoms. The number of benzene rings is 1. The number of rotatable bonds is 10. The van der Waals surface area contributed by atoms with Crippen molar-refractivity contribution < 1.29 is 9.47 Å². The van der Waals surface area contributed by atoms with Crippen molar-refractivity contribution in [3.05, 3.63) is 29.8 Å². The van der Waals surface area contributed by atoms with Gasteiger partial charge in [-0.3, -0.25) is 4.99 Å². The Bertz CT molecular complexity index is 459. The maximum atomic E-state index is 5.63. The number of aliphatic imine (C=N–C) groups is 1. The van der Waals surface area contributed by atoms with Gasteiger partial charge in [0, 0.05) is 27.2 Å². The Balaban J connectivity index is 2.44. The van der Waals surface area contributed by atoms with Crippen LogP contribution in [0.25, 0.3) is 0 Å². The Morgan fingerprint density at radius 3 is 2.61 bits per heavy atom. The van der Waals surface area contributed by atoms with E-state index in [-0.39, 0.29) is 0 Å². The number of hydrogen-bond acceptors (Lipinski definition) is 3. The second kappa shape index (κ2) is 11.8. The first-order valence-corrected chi connectivity index (χ1v) is 8.38. The Morgan fingerprint density at radius 2 is 1.96 bits per heavy atom. The maximum absolute atomic E-state index is 5.63. The van der Waals surface area contributed by atoms with E-state index in [2.05, 4.69) is 35.5 Å². The molecule has 0 amide bonds. The van der Waals surface area contributed by atoms with Crippen molar-refractivity contribution >= 4 is 5.96 Å². The van der Waals surface area contributed by atoms with E-state index in [1.807, 2.05) is 18.2 Å². The summed E-state index contributed by atoms with van der Waals surface area (Å²) in [4.78, 5) is 4.27. The molecule has 23 heavy (non-hydrogen) atoms. The van der Waals surface area contributed by atoms with Gasteiger partial charge in [0.05, 0.1) is 6.61 Å². The van der Waals surface area contributed by atoms with Gasteiger partial charge in [-0.05, 0) is 23.6 Å². The molecule has 0 atom stereocenters. The second-order valence-corrected chi connectivity index (χ2v) is 5.48. The van der Waals surface area contributed by atoms with Crippen LogP contribution < -0.4 is 15.4 Å². The molecule has 0 radical (unpaired) electrons.